The Labute approximate surface area is 169 Å². The van der Waals surface area contributed by atoms with Gasteiger partial charge in [0.05, 0.1) is 16.8 Å². The van der Waals surface area contributed by atoms with E-state index in [0.29, 0.717) is 21.4 Å². The third kappa shape index (κ3) is 4.24. The molecule has 2 amide bonds. The third-order valence-corrected chi connectivity index (χ3v) is 4.90. The second kappa shape index (κ2) is 7.87. The molecule has 0 unspecified atom stereocenters. The molecule has 3 aromatic rings. The molecular weight excluding hydrogens is 400 g/mol. The molecule has 1 aliphatic rings. The van der Waals surface area contributed by atoms with Crippen molar-refractivity contribution >= 4 is 40.6 Å². The minimum Gasteiger partial charge on any atom is -0.487 e. The van der Waals surface area contributed by atoms with E-state index in [1.165, 1.54) is 0 Å². The molecule has 1 fully saturated rings. The lowest BCUT2D eigenvalue weighted by atomic mass is 10.2. The minimum absolute atomic E-state index is 0.265. The molecular formula is C19H13ClN4O3S. The predicted molar refractivity (Wildman–Crippen MR) is 106 cm³/mol. The zero-order chi connectivity index (χ0) is 19.5. The van der Waals surface area contributed by atoms with Gasteiger partial charge >= 0.3 is 0 Å². The minimum atomic E-state index is -0.376. The fourth-order valence-corrected chi connectivity index (χ4v) is 3.28. The number of hydrogen-bond donors (Lipinski definition) is 1. The number of nitrogens with one attached hydrogen (secondary N) is 1. The number of carbonyl (C=O) groups is 2. The van der Waals surface area contributed by atoms with Crippen LogP contribution < -0.4 is 10.1 Å². The van der Waals surface area contributed by atoms with E-state index in [2.05, 4.69) is 15.6 Å². The Morgan fingerprint density at radius 2 is 1.86 bits per heavy atom. The summed E-state index contributed by atoms with van der Waals surface area (Å²) in [4.78, 5) is 23.1. The molecule has 0 aliphatic carbocycles. The van der Waals surface area contributed by atoms with Crippen LogP contribution in [0.15, 0.2) is 59.6 Å². The molecule has 28 heavy (non-hydrogen) atoms. The second-order valence-electron chi connectivity index (χ2n) is 5.84. The number of amides is 2. The highest BCUT2D eigenvalue weighted by Gasteiger charge is 2.24. The lowest BCUT2D eigenvalue weighted by Gasteiger charge is -2.04. The summed E-state index contributed by atoms with van der Waals surface area (Å²) in [6.07, 6.45) is 3.45. The quantitative estimate of drug-likeness (QED) is 0.641. The molecule has 4 rings (SSSR count). The molecule has 1 aliphatic heterocycles. The fourth-order valence-electron chi connectivity index (χ4n) is 2.47. The maximum Gasteiger partial charge on any atom is 0.290 e. The zero-order valence-electron chi connectivity index (χ0n) is 14.3. The van der Waals surface area contributed by atoms with E-state index in [4.69, 9.17) is 16.3 Å². The van der Waals surface area contributed by atoms with Crippen molar-refractivity contribution < 1.29 is 14.3 Å². The van der Waals surface area contributed by atoms with Gasteiger partial charge in [-0.05, 0) is 59.8 Å². The van der Waals surface area contributed by atoms with Gasteiger partial charge in [-0.1, -0.05) is 28.9 Å². The summed E-state index contributed by atoms with van der Waals surface area (Å²) in [7, 11) is 0. The van der Waals surface area contributed by atoms with Gasteiger partial charge in [-0.3, -0.25) is 14.9 Å². The average Bonchev–Trinajstić information content (AvgIpc) is 3.28. The third-order valence-electron chi connectivity index (χ3n) is 3.84. The van der Waals surface area contributed by atoms with Crippen LogP contribution in [0.25, 0.3) is 11.8 Å². The highest BCUT2D eigenvalue weighted by molar-refractivity contribution is 8.18. The molecule has 0 saturated carbocycles. The molecule has 2 heterocycles. The molecule has 0 spiro atoms. The van der Waals surface area contributed by atoms with Gasteiger partial charge in [0.25, 0.3) is 11.1 Å². The van der Waals surface area contributed by atoms with Gasteiger partial charge < -0.3 is 4.74 Å². The van der Waals surface area contributed by atoms with Gasteiger partial charge in [-0.25, -0.2) is 4.68 Å². The first kappa shape index (κ1) is 18.3. The van der Waals surface area contributed by atoms with Crippen LogP contribution in [0.4, 0.5) is 4.79 Å². The number of nitrogens with zero attached hydrogens (tertiary/aromatic N) is 3. The van der Waals surface area contributed by atoms with Crippen LogP contribution in [0, 0.1) is 0 Å². The molecule has 2 aromatic carbocycles. The number of halogens is 1. The first-order valence-electron chi connectivity index (χ1n) is 8.22. The molecule has 0 radical (unpaired) electrons. The second-order valence-corrected chi connectivity index (χ2v) is 7.29. The van der Waals surface area contributed by atoms with Gasteiger partial charge in [-0.15, -0.1) is 5.10 Å². The first-order chi connectivity index (χ1) is 13.6. The maximum absolute atomic E-state index is 11.6. The lowest BCUT2D eigenvalue weighted by Crippen LogP contribution is -2.17. The standard InChI is InChI=1S/C19H13ClN4O3S/c20-13-3-5-15(6-4-13)24-10-14(22-23-24)11-27-16-7-1-12(2-8-16)9-17-18(25)21-19(26)28-17/h1-10H,11H2,(H,21,25,26)/b17-9-. The molecule has 1 saturated heterocycles. The summed E-state index contributed by atoms with van der Waals surface area (Å²) in [5.41, 5.74) is 2.33. The van der Waals surface area contributed by atoms with Crippen LogP contribution in [-0.4, -0.2) is 26.1 Å². The van der Waals surface area contributed by atoms with Gasteiger partial charge in [0.1, 0.15) is 18.1 Å². The van der Waals surface area contributed by atoms with Crippen LogP contribution in [-0.2, 0) is 11.4 Å². The Bertz CT molecular complexity index is 1060. The first-order valence-corrected chi connectivity index (χ1v) is 9.41. The van der Waals surface area contributed by atoms with Crippen molar-refractivity contribution in [1.29, 1.82) is 0 Å². The Balaban J connectivity index is 1.38. The largest absolute Gasteiger partial charge is 0.487 e. The zero-order valence-corrected chi connectivity index (χ0v) is 15.9. The molecule has 1 N–H and O–H groups in total. The number of imide groups is 1. The van der Waals surface area contributed by atoms with Crippen LogP contribution in [0.3, 0.4) is 0 Å². The SMILES string of the molecule is O=C1NC(=O)/C(=C/c2ccc(OCc3cn(-c4ccc(Cl)cc4)nn3)cc2)S1. The van der Waals surface area contributed by atoms with Crippen LogP contribution >= 0.6 is 23.4 Å². The monoisotopic (exact) mass is 412 g/mol. The Kier molecular flexibility index (Phi) is 5.14. The molecule has 0 atom stereocenters. The van der Waals surface area contributed by atoms with Crippen molar-refractivity contribution in [2.24, 2.45) is 0 Å². The topological polar surface area (TPSA) is 86.1 Å². The van der Waals surface area contributed by atoms with E-state index in [-0.39, 0.29) is 17.8 Å². The molecule has 1 aromatic heterocycles. The van der Waals surface area contributed by atoms with Crippen LogP contribution in [0.5, 0.6) is 5.75 Å². The van der Waals surface area contributed by atoms with E-state index >= 15 is 0 Å². The van der Waals surface area contributed by atoms with Crippen LogP contribution in [0.2, 0.25) is 5.02 Å². The Hall–Kier alpha value is -3.10. The molecule has 9 heteroatoms. The summed E-state index contributed by atoms with van der Waals surface area (Å²) in [5.74, 6) is 0.280. The van der Waals surface area contributed by atoms with Gasteiger partial charge in [0.15, 0.2) is 0 Å². The summed E-state index contributed by atoms with van der Waals surface area (Å²) >= 11 is 6.78. The van der Waals surface area contributed by atoms with E-state index in [0.717, 1.165) is 23.0 Å². The molecule has 140 valence electrons. The number of rotatable bonds is 5. The smallest absolute Gasteiger partial charge is 0.290 e. The number of benzene rings is 2. The maximum atomic E-state index is 11.6. The number of aromatic nitrogens is 3. The van der Waals surface area contributed by atoms with Gasteiger partial charge in [0.2, 0.25) is 0 Å². The van der Waals surface area contributed by atoms with Gasteiger partial charge in [0, 0.05) is 5.02 Å². The number of hydrogen-bond acceptors (Lipinski definition) is 6. The van der Waals surface area contributed by atoms with E-state index in [9.17, 15) is 9.59 Å². The van der Waals surface area contributed by atoms with E-state index in [1.54, 1.807) is 41.2 Å². The number of thioether (sulfide) groups is 1. The van der Waals surface area contributed by atoms with Crippen molar-refractivity contribution in [3.8, 4) is 11.4 Å². The van der Waals surface area contributed by atoms with Crippen molar-refractivity contribution in [2.75, 3.05) is 0 Å². The van der Waals surface area contributed by atoms with E-state index < -0.39 is 0 Å². The van der Waals surface area contributed by atoms with Crippen molar-refractivity contribution in [2.45, 2.75) is 6.61 Å². The normalized spacial score (nSPS) is 15.1. The Morgan fingerprint density at radius 3 is 2.54 bits per heavy atom. The molecule has 0 bridgehead atoms. The highest BCUT2D eigenvalue weighted by Crippen LogP contribution is 2.26. The lowest BCUT2D eigenvalue weighted by molar-refractivity contribution is -0.115. The fraction of sp³-hybridized carbons (Fsp3) is 0.0526. The van der Waals surface area contributed by atoms with Crippen LogP contribution in [0.1, 0.15) is 11.3 Å². The molecule has 7 nitrogen and oxygen atoms in total. The predicted octanol–water partition coefficient (Wildman–Crippen LogP) is 3.82. The van der Waals surface area contributed by atoms with Gasteiger partial charge in [-0.2, -0.15) is 0 Å². The van der Waals surface area contributed by atoms with Crippen molar-refractivity contribution in [3.05, 3.63) is 75.9 Å². The van der Waals surface area contributed by atoms with Crippen molar-refractivity contribution in [3.63, 3.8) is 0 Å². The number of carbonyl (C=O) groups excluding carboxylic acids is 2. The summed E-state index contributed by atoms with van der Waals surface area (Å²) in [5, 5.41) is 10.7. The number of ether oxygens (including phenoxy) is 1. The highest BCUT2D eigenvalue weighted by atomic mass is 35.5. The average molecular weight is 413 g/mol. The summed E-state index contributed by atoms with van der Waals surface area (Å²) < 4.78 is 7.38. The Morgan fingerprint density at radius 1 is 1.11 bits per heavy atom. The summed E-state index contributed by atoms with van der Waals surface area (Å²) in [6, 6.07) is 14.5. The van der Waals surface area contributed by atoms with Crippen molar-refractivity contribution in [1.82, 2.24) is 20.3 Å². The van der Waals surface area contributed by atoms with E-state index in [1.807, 2.05) is 24.3 Å². The summed E-state index contributed by atoms with van der Waals surface area (Å²) in [6.45, 7) is 0.265.